The van der Waals surface area contributed by atoms with Gasteiger partial charge in [-0.3, -0.25) is 4.79 Å². The Morgan fingerprint density at radius 1 is 0.938 bits per heavy atom. The van der Waals surface area contributed by atoms with Crippen LogP contribution in [0.4, 0.5) is 0 Å². The maximum atomic E-state index is 12.4. The molecule has 0 aliphatic heterocycles. The third-order valence-electron chi connectivity index (χ3n) is 2.76. The number of carbonyl (C=O) groups is 1. The molecule has 0 aromatic heterocycles. The number of halogens is 1. The van der Waals surface area contributed by atoms with Gasteiger partial charge in [0, 0.05) is 11.1 Å². The Labute approximate surface area is 107 Å². The van der Waals surface area contributed by atoms with Gasteiger partial charge in [-0.2, -0.15) is 0 Å². The fourth-order valence-electron chi connectivity index (χ4n) is 1.84. The van der Waals surface area contributed by atoms with E-state index in [4.69, 9.17) is 0 Å². The van der Waals surface area contributed by atoms with Gasteiger partial charge in [0.15, 0.2) is 5.78 Å². The summed E-state index contributed by atoms with van der Waals surface area (Å²) in [6.07, 6.45) is 4.05. The lowest BCUT2D eigenvalue weighted by molar-refractivity contribution is -0.114. The first-order chi connectivity index (χ1) is 7.03. The minimum atomic E-state index is -0.0894. The largest absolute Gasteiger partial charge is 0.289 e. The highest BCUT2D eigenvalue weighted by Crippen LogP contribution is 2.38. The number of carbonyl (C=O) groups excluding carboxylic acids is 1. The number of rotatable bonds is 0. The van der Waals surface area contributed by atoms with Crippen molar-refractivity contribution in [2.24, 2.45) is 10.8 Å². The summed E-state index contributed by atoms with van der Waals surface area (Å²) in [6, 6.07) is 0. The van der Waals surface area contributed by atoms with Crippen molar-refractivity contribution < 1.29 is 4.79 Å². The summed E-state index contributed by atoms with van der Waals surface area (Å²) in [5.74, 6) is 0.204. The average molecular weight is 285 g/mol. The predicted octanol–water partition coefficient (Wildman–Crippen LogP) is 4.28. The molecule has 0 aromatic rings. The van der Waals surface area contributed by atoms with Crippen LogP contribution in [0.15, 0.2) is 23.3 Å². The summed E-state index contributed by atoms with van der Waals surface area (Å²) in [5.41, 5.74) is 1.66. The first-order valence-electron chi connectivity index (χ1n) is 5.67. The Hall–Kier alpha value is -0.370. The molecule has 0 N–H and O–H groups in total. The summed E-state index contributed by atoms with van der Waals surface area (Å²) < 4.78 is 0. The molecular weight excluding hydrogens is 264 g/mol. The van der Waals surface area contributed by atoms with Crippen molar-refractivity contribution >= 4 is 21.7 Å². The van der Waals surface area contributed by atoms with Crippen LogP contribution in [0.5, 0.6) is 0 Å². The highest BCUT2D eigenvalue weighted by atomic mass is 79.9. The van der Waals surface area contributed by atoms with Crippen LogP contribution in [0, 0.1) is 10.8 Å². The summed E-state index contributed by atoms with van der Waals surface area (Å²) in [6.45, 7) is 12.5. The molecule has 1 rings (SSSR count). The van der Waals surface area contributed by atoms with Crippen LogP contribution in [0.25, 0.3) is 0 Å². The number of hydrogen-bond acceptors (Lipinski definition) is 1. The van der Waals surface area contributed by atoms with E-state index >= 15 is 0 Å². The smallest absolute Gasteiger partial charge is 0.185 e. The first kappa shape index (κ1) is 13.7. The van der Waals surface area contributed by atoms with Gasteiger partial charge in [-0.05, 0) is 10.8 Å². The third kappa shape index (κ3) is 2.85. The molecule has 0 unspecified atom stereocenters. The van der Waals surface area contributed by atoms with Crippen LogP contribution >= 0.6 is 15.9 Å². The quantitative estimate of drug-likeness (QED) is 0.607. The zero-order valence-corrected chi connectivity index (χ0v) is 12.6. The lowest BCUT2D eigenvalue weighted by Crippen LogP contribution is -2.29. The van der Waals surface area contributed by atoms with E-state index in [0.29, 0.717) is 0 Å². The van der Waals surface area contributed by atoms with E-state index < -0.39 is 0 Å². The van der Waals surface area contributed by atoms with Crippen LogP contribution in [0.1, 0.15) is 41.5 Å². The molecule has 2 heteroatoms. The molecule has 0 radical (unpaired) electrons. The monoisotopic (exact) mass is 284 g/mol. The van der Waals surface area contributed by atoms with Gasteiger partial charge >= 0.3 is 0 Å². The fraction of sp³-hybridized carbons (Fsp3) is 0.643. The topological polar surface area (TPSA) is 17.1 Å². The Morgan fingerprint density at radius 3 is 1.50 bits per heavy atom. The number of alkyl halides is 1. The van der Waals surface area contributed by atoms with Crippen LogP contribution in [-0.4, -0.2) is 10.6 Å². The van der Waals surface area contributed by atoms with Crippen LogP contribution in [0.3, 0.4) is 0 Å². The van der Waals surface area contributed by atoms with Crippen molar-refractivity contribution in [2.75, 3.05) is 0 Å². The van der Waals surface area contributed by atoms with E-state index in [9.17, 15) is 4.79 Å². The van der Waals surface area contributed by atoms with Crippen LogP contribution < -0.4 is 0 Å². The van der Waals surface area contributed by atoms with Crippen molar-refractivity contribution in [3.8, 4) is 0 Å². The molecule has 1 aliphatic rings. The number of ketones is 1. The van der Waals surface area contributed by atoms with Gasteiger partial charge in [0.1, 0.15) is 0 Å². The molecule has 0 heterocycles. The van der Waals surface area contributed by atoms with Gasteiger partial charge in [-0.15, -0.1) is 0 Å². The summed E-state index contributed by atoms with van der Waals surface area (Å²) >= 11 is 3.58. The second-order valence-corrected chi connectivity index (χ2v) is 7.49. The molecule has 0 atom stereocenters. The fourth-order valence-corrected chi connectivity index (χ4v) is 2.37. The molecule has 90 valence electrons. The lowest BCUT2D eigenvalue weighted by atomic mass is 9.73. The molecule has 1 aliphatic carbocycles. The molecule has 1 nitrogen and oxygen atoms in total. The Balaban J connectivity index is 3.18. The lowest BCUT2D eigenvalue weighted by Gasteiger charge is -2.31. The molecule has 0 amide bonds. The van der Waals surface area contributed by atoms with Crippen molar-refractivity contribution in [1.29, 1.82) is 0 Å². The molecule has 0 spiro atoms. The zero-order chi connectivity index (χ0) is 12.7. The van der Waals surface area contributed by atoms with Crippen molar-refractivity contribution in [3.05, 3.63) is 23.3 Å². The van der Waals surface area contributed by atoms with E-state index in [1.54, 1.807) is 0 Å². The van der Waals surface area contributed by atoms with E-state index in [1.807, 2.05) is 12.2 Å². The minimum absolute atomic E-state index is 0.0894. The normalized spacial score (nSPS) is 19.6. The summed E-state index contributed by atoms with van der Waals surface area (Å²) in [4.78, 5) is 12.6. The molecule has 0 bridgehead atoms. The molecular formula is C14H21BrO. The van der Waals surface area contributed by atoms with Crippen molar-refractivity contribution in [3.63, 3.8) is 0 Å². The van der Waals surface area contributed by atoms with E-state index in [1.165, 1.54) is 0 Å². The van der Waals surface area contributed by atoms with Crippen molar-refractivity contribution in [1.82, 2.24) is 0 Å². The Kier molecular flexibility index (Phi) is 3.54. The Morgan fingerprint density at radius 2 is 1.25 bits per heavy atom. The van der Waals surface area contributed by atoms with Gasteiger partial charge in [0.2, 0.25) is 0 Å². The van der Waals surface area contributed by atoms with Crippen LogP contribution in [0.2, 0.25) is 0 Å². The van der Waals surface area contributed by atoms with Gasteiger partial charge in [0.05, 0.1) is 4.83 Å². The second kappa shape index (κ2) is 4.14. The molecule has 16 heavy (non-hydrogen) atoms. The highest BCUT2D eigenvalue weighted by molar-refractivity contribution is 9.09. The highest BCUT2D eigenvalue weighted by Gasteiger charge is 2.34. The number of Topliss-reactive ketones (excluding diaryl/α,β-unsaturated/α-hetero) is 1. The SMILES string of the molecule is CC(C)(C)C1=CC(Br)C=C(C(C)(C)C)C1=O. The molecule has 0 saturated heterocycles. The maximum Gasteiger partial charge on any atom is 0.185 e. The number of allylic oxidation sites excluding steroid dienone is 4. The minimum Gasteiger partial charge on any atom is -0.289 e. The van der Waals surface area contributed by atoms with Gasteiger partial charge in [-0.25, -0.2) is 0 Å². The predicted molar refractivity (Wildman–Crippen MR) is 72.8 cm³/mol. The van der Waals surface area contributed by atoms with E-state index in [0.717, 1.165) is 11.1 Å². The second-order valence-electron chi connectivity index (χ2n) is 6.43. The summed E-state index contributed by atoms with van der Waals surface area (Å²) in [5, 5.41) is 0. The van der Waals surface area contributed by atoms with Crippen molar-refractivity contribution in [2.45, 2.75) is 46.4 Å². The molecule has 0 saturated carbocycles. The summed E-state index contributed by atoms with van der Waals surface area (Å²) in [7, 11) is 0. The molecule has 0 fully saturated rings. The van der Waals surface area contributed by atoms with Gasteiger partial charge in [-0.1, -0.05) is 69.6 Å². The Bertz CT molecular complexity index is 327. The van der Waals surface area contributed by atoms with E-state index in [-0.39, 0.29) is 21.4 Å². The van der Waals surface area contributed by atoms with Gasteiger partial charge in [0.25, 0.3) is 0 Å². The maximum absolute atomic E-state index is 12.4. The zero-order valence-electron chi connectivity index (χ0n) is 11.0. The van der Waals surface area contributed by atoms with Crippen LogP contribution in [-0.2, 0) is 4.79 Å². The standard InChI is InChI=1S/C14H21BrO/c1-13(2,3)10-7-9(15)8-11(12(10)16)14(4,5)6/h7-9H,1-6H3. The molecule has 0 aromatic carbocycles. The third-order valence-corrected chi connectivity index (χ3v) is 3.29. The van der Waals surface area contributed by atoms with E-state index in [2.05, 4.69) is 57.5 Å². The first-order valence-corrected chi connectivity index (χ1v) is 6.58. The number of hydrogen-bond donors (Lipinski definition) is 0. The average Bonchev–Trinajstić information content (AvgIpc) is 2.04. The van der Waals surface area contributed by atoms with Gasteiger partial charge < -0.3 is 0 Å².